The van der Waals surface area contributed by atoms with Gasteiger partial charge in [-0.3, -0.25) is 0 Å². The molecule has 0 aliphatic rings. The zero-order chi connectivity index (χ0) is 14.6. The van der Waals surface area contributed by atoms with Gasteiger partial charge in [-0.15, -0.1) is 0 Å². The summed E-state index contributed by atoms with van der Waals surface area (Å²) in [6, 6.07) is 4.68. The molecule has 2 heteroatoms. The van der Waals surface area contributed by atoms with E-state index in [2.05, 4.69) is 52.9 Å². The molecule has 0 aliphatic carbocycles. The van der Waals surface area contributed by atoms with Gasteiger partial charge in [-0.2, -0.15) is 0 Å². The summed E-state index contributed by atoms with van der Waals surface area (Å²) in [4.78, 5) is 0. The molecule has 0 radical (unpaired) electrons. The maximum atomic E-state index is 6.06. The van der Waals surface area contributed by atoms with Gasteiger partial charge in [0, 0.05) is 17.4 Å². The van der Waals surface area contributed by atoms with E-state index in [1.165, 1.54) is 23.2 Å². The predicted molar refractivity (Wildman–Crippen MR) is 86.7 cm³/mol. The fourth-order valence-electron chi connectivity index (χ4n) is 2.61. The number of hydrogen-bond acceptors (Lipinski definition) is 2. The average molecular weight is 262 g/mol. The van der Waals surface area contributed by atoms with Gasteiger partial charge in [0.25, 0.3) is 0 Å². The number of nitrogens with two attached hydrogens (primary N) is 1. The summed E-state index contributed by atoms with van der Waals surface area (Å²) < 4.78 is 0. The van der Waals surface area contributed by atoms with E-state index in [1.807, 2.05) is 6.07 Å². The Morgan fingerprint density at radius 1 is 1.05 bits per heavy atom. The van der Waals surface area contributed by atoms with Crippen LogP contribution in [0.15, 0.2) is 12.1 Å². The molecule has 0 heterocycles. The van der Waals surface area contributed by atoms with Gasteiger partial charge in [0.15, 0.2) is 0 Å². The average Bonchev–Trinajstić information content (AvgIpc) is 2.27. The van der Waals surface area contributed by atoms with Crippen molar-refractivity contribution in [2.45, 2.75) is 60.4 Å². The van der Waals surface area contributed by atoms with E-state index in [0.29, 0.717) is 17.9 Å². The van der Waals surface area contributed by atoms with Crippen LogP contribution >= 0.6 is 0 Å². The lowest BCUT2D eigenvalue weighted by molar-refractivity contribution is 0.539. The maximum Gasteiger partial charge on any atom is 0.0425 e. The molecular formula is C17H30N2. The lowest BCUT2D eigenvalue weighted by atomic mass is 9.96. The second-order valence-corrected chi connectivity index (χ2v) is 6.59. The van der Waals surface area contributed by atoms with Gasteiger partial charge in [-0.1, -0.05) is 33.8 Å². The molecule has 19 heavy (non-hydrogen) atoms. The van der Waals surface area contributed by atoms with Crippen LogP contribution < -0.4 is 11.1 Å². The second kappa shape index (κ2) is 6.83. The molecule has 1 aromatic carbocycles. The smallest absolute Gasteiger partial charge is 0.0425 e. The topological polar surface area (TPSA) is 38.0 Å². The van der Waals surface area contributed by atoms with Crippen LogP contribution in [0.4, 0.5) is 11.4 Å². The molecule has 0 fully saturated rings. The number of nitrogens with one attached hydrogen (secondary N) is 1. The molecule has 0 amide bonds. The van der Waals surface area contributed by atoms with Gasteiger partial charge in [0.2, 0.25) is 0 Å². The SMILES string of the molecule is Cc1c(N)ccc(CC(C)C)c1NC(C)CC(C)C. The Hall–Kier alpha value is -1.18. The van der Waals surface area contributed by atoms with Crippen molar-refractivity contribution in [2.75, 3.05) is 11.1 Å². The van der Waals surface area contributed by atoms with Crippen LogP contribution in [-0.4, -0.2) is 6.04 Å². The summed E-state index contributed by atoms with van der Waals surface area (Å²) in [5, 5.41) is 3.68. The summed E-state index contributed by atoms with van der Waals surface area (Å²) >= 11 is 0. The van der Waals surface area contributed by atoms with Gasteiger partial charge in [0.1, 0.15) is 0 Å². The van der Waals surface area contributed by atoms with Crippen molar-refractivity contribution in [3.63, 3.8) is 0 Å². The number of benzene rings is 1. The largest absolute Gasteiger partial charge is 0.398 e. The lowest BCUT2D eigenvalue weighted by Crippen LogP contribution is -2.20. The summed E-state index contributed by atoms with van der Waals surface area (Å²) in [5.41, 5.74) is 10.8. The highest BCUT2D eigenvalue weighted by atomic mass is 14.9. The zero-order valence-electron chi connectivity index (χ0n) is 13.4. The maximum absolute atomic E-state index is 6.06. The Balaban J connectivity index is 2.98. The van der Waals surface area contributed by atoms with Crippen molar-refractivity contribution in [1.29, 1.82) is 0 Å². The summed E-state index contributed by atoms with van der Waals surface area (Å²) in [5.74, 6) is 1.36. The predicted octanol–water partition coefficient (Wildman–Crippen LogP) is 4.62. The van der Waals surface area contributed by atoms with E-state index in [9.17, 15) is 0 Å². The first kappa shape index (κ1) is 15.9. The van der Waals surface area contributed by atoms with Gasteiger partial charge in [-0.25, -0.2) is 0 Å². The highest BCUT2D eigenvalue weighted by Gasteiger charge is 2.13. The number of hydrogen-bond donors (Lipinski definition) is 2. The van der Waals surface area contributed by atoms with E-state index in [0.717, 1.165) is 12.1 Å². The molecule has 1 aromatic rings. The summed E-state index contributed by atoms with van der Waals surface area (Å²) in [6.45, 7) is 13.4. The standard InChI is InChI=1S/C17H30N2/c1-11(2)9-13(5)19-17-14(6)16(18)8-7-15(17)10-12(3)4/h7-8,11-13,19H,9-10,18H2,1-6H3. The fraction of sp³-hybridized carbons (Fsp3) is 0.647. The Bertz CT molecular complexity index is 408. The van der Waals surface area contributed by atoms with Crippen molar-refractivity contribution in [2.24, 2.45) is 11.8 Å². The number of rotatable bonds is 6. The summed E-state index contributed by atoms with van der Waals surface area (Å²) in [6.07, 6.45) is 2.27. The monoisotopic (exact) mass is 262 g/mol. The van der Waals surface area contributed by atoms with Crippen molar-refractivity contribution in [3.05, 3.63) is 23.3 Å². The first-order chi connectivity index (χ1) is 8.81. The van der Waals surface area contributed by atoms with Gasteiger partial charge in [-0.05, 0) is 55.7 Å². The Kier molecular flexibility index (Phi) is 5.71. The van der Waals surface area contributed by atoms with Crippen LogP contribution in [0.2, 0.25) is 0 Å². The van der Waals surface area contributed by atoms with Gasteiger partial charge >= 0.3 is 0 Å². The molecule has 1 rings (SSSR count). The first-order valence-corrected chi connectivity index (χ1v) is 7.45. The van der Waals surface area contributed by atoms with Crippen LogP contribution in [0.3, 0.4) is 0 Å². The minimum absolute atomic E-state index is 0.478. The van der Waals surface area contributed by atoms with Gasteiger partial charge in [0.05, 0.1) is 0 Å². The fourth-order valence-corrected chi connectivity index (χ4v) is 2.61. The lowest BCUT2D eigenvalue weighted by Gasteiger charge is -2.23. The minimum Gasteiger partial charge on any atom is -0.398 e. The van der Waals surface area contributed by atoms with Crippen molar-refractivity contribution in [3.8, 4) is 0 Å². The van der Waals surface area contributed by atoms with E-state index in [4.69, 9.17) is 5.73 Å². The molecule has 0 saturated carbocycles. The third-order valence-corrected chi connectivity index (χ3v) is 3.44. The van der Waals surface area contributed by atoms with E-state index in [-0.39, 0.29) is 0 Å². The third-order valence-electron chi connectivity index (χ3n) is 3.44. The zero-order valence-corrected chi connectivity index (χ0v) is 13.4. The summed E-state index contributed by atoms with van der Waals surface area (Å²) in [7, 11) is 0. The first-order valence-electron chi connectivity index (χ1n) is 7.45. The molecule has 0 spiro atoms. The molecule has 0 aliphatic heterocycles. The Morgan fingerprint density at radius 3 is 2.21 bits per heavy atom. The molecule has 2 nitrogen and oxygen atoms in total. The van der Waals surface area contributed by atoms with Crippen LogP contribution in [0.1, 0.15) is 52.2 Å². The van der Waals surface area contributed by atoms with Crippen molar-refractivity contribution >= 4 is 11.4 Å². The number of nitrogen functional groups attached to an aromatic ring is 1. The van der Waals surface area contributed by atoms with Crippen LogP contribution in [0, 0.1) is 18.8 Å². The van der Waals surface area contributed by atoms with E-state index >= 15 is 0 Å². The van der Waals surface area contributed by atoms with Crippen LogP contribution in [-0.2, 0) is 6.42 Å². The Labute approximate surface area is 118 Å². The van der Waals surface area contributed by atoms with Crippen molar-refractivity contribution in [1.82, 2.24) is 0 Å². The van der Waals surface area contributed by atoms with Crippen LogP contribution in [0.5, 0.6) is 0 Å². The molecule has 3 N–H and O–H groups in total. The molecule has 0 saturated heterocycles. The second-order valence-electron chi connectivity index (χ2n) is 6.59. The Morgan fingerprint density at radius 2 is 1.68 bits per heavy atom. The highest BCUT2D eigenvalue weighted by molar-refractivity contribution is 5.67. The normalized spacial score (nSPS) is 13.1. The van der Waals surface area contributed by atoms with Gasteiger partial charge < -0.3 is 11.1 Å². The van der Waals surface area contributed by atoms with Crippen molar-refractivity contribution < 1.29 is 0 Å². The minimum atomic E-state index is 0.478. The quantitative estimate of drug-likeness (QED) is 0.734. The van der Waals surface area contributed by atoms with E-state index < -0.39 is 0 Å². The molecule has 1 atom stereocenters. The third kappa shape index (κ3) is 4.77. The molecule has 0 aromatic heterocycles. The molecule has 108 valence electrons. The highest BCUT2D eigenvalue weighted by Crippen LogP contribution is 2.29. The van der Waals surface area contributed by atoms with E-state index in [1.54, 1.807) is 0 Å². The number of anilines is 2. The molecule has 0 bridgehead atoms. The van der Waals surface area contributed by atoms with Crippen LogP contribution in [0.25, 0.3) is 0 Å². The molecular weight excluding hydrogens is 232 g/mol. The molecule has 1 unspecified atom stereocenters.